The van der Waals surface area contributed by atoms with Crippen molar-refractivity contribution in [3.63, 3.8) is 0 Å². The Morgan fingerprint density at radius 2 is 1.64 bits per heavy atom. The van der Waals surface area contributed by atoms with Gasteiger partial charge in [0.2, 0.25) is 0 Å². The normalized spacial score (nSPS) is 13.4. The van der Waals surface area contributed by atoms with Crippen LogP contribution in [0.5, 0.6) is 0 Å². The highest BCUT2D eigenvalue weighted by Crippen LogP contribution is 2.09. The molecule has 0 fully saturated rings. The zero-order valence-corrected chi connectivity index (χ0v) is 7.93. The lowest BCUT2D eigenvalue weighted by Crippen LogP contribution is -2.01. The van der Waals surface area contributed by atoms with Crippen LogP contribution in [0.3, 0.4) is 0 Å². The second-order valence-electron chi connectivity index (χ2n) is 3.02. The van der Waals surface area contributed by atoms with Crippen molar-refractivity contribution in [1.82, 2.24) is 0 Å². The third-order valence-electron chi connectivity index (χ3n) is 1.86. The largest absolute Gasteiger partial charge is 0.385 e. The average molecular weight is 160 g/mol. The third-order valence-corrected chi connectivity index (χ3v) is 1.86. The van der Waals surface area contributed by atoms with Crippen molar-refractivity contribution >= 4 is 0 Å². The van der Waals surface area contributed by atoms with E-state index in [1.807, 2.05) is 0 Å². The van der Waals surface area contributed by atoms with Crippen LogP contribution in [-0.2, 0) is 9.47 Å². The van der Waals surface area contributed by atoms with Crippen molar-refractivity contribution in [1.29, 1.82) is 0 Å². The van der Waals surface area contributed by atoms with Gasteiger partial charge in [-0.15, -0.1) is 0 Å². The topological polar surface area (TPSA) is 18.5 Å². The molecule has 2 heteroatoms. The van der Waals surface area contributed by atoms with E-state index in [-0.39, 0.29) is 0 Å². The van der Waals surface area contributed by atoms with Crippen molar-refractivity contribution < 1.29 is 9.47 Å². The SMILES string of the molecule is COCCCC(C)CCOC. The van der Waals surface area contributed by atoms with Gasteiger partial charge < -0.3 is 9.47 Å². The van der Waals surface area contributed by atoms with Crippen molar-refractivity contribution in [2.45, 2.75) is 26.2 Å². The van der Waals surface area contributed by atoms with Crippen LogP contribution in [0.25, 0.3) is 0 Å². The highest BCUT2D eigenvalue weighted by molar-refractivity contribution is 4.52. The molecule has 0 aliphatic rings. The molecule has 0 heterocycles. The summed E-state index contributed by atoms with van der Waals surface area (Å²) in [6.07, 6.45) is 3.58. The fourth-order valence-corrected chi connectivity index (χ4v) is 1.04. The van der Waals surface area contributed by atoms with Gasteiger partial charge in [-0.1, -0.05) is 6.92 Å². The molecule has 11 heavy (non-hydrogen) atoms. The Bertz CT molecular complexity index is 74.0. The fraction of sp³-hybridized carbons (Fsp3) is 1.00. The van der Waals surface area contributed by atoms with Crippen LogP contribution in [0.2, 0.25) is 0 Å². The van der Waals surface area contributed by atoms with Crippen molar-refractivity contribution in [3.05, 3.63) is 0 Å². The van der Waals surface area contributed by atoms with Gasteiger partial charge >= 0.3 is 0 Å². The summed E-state index contributed by atoms with van der Waals surface area (Å²) in [6, 6.07) is 0. The lowest BCUT2D eigenvalue weighted by Gasteiger charge is -2.09. The van der Waals surface area contributed by atoms with E-state index in [1.165, 1.54) is 19.3 Å². The minimum Gasteiger partial charge on any atom is -0.385 e. The first-order valence-electron chi connectivity index (χ1n) is 4.29. The number of hydrogen-bond donors (Lipinski definition) is 0. The molecule has 0 saturated heterocycles. The molecule has 2 nitrogen and oxygen atoms in total. The average Bonchev–Trinajstić information content (AvgIpc) is 2.01. The zero-order chi connectivity index (χ0) is 8.53. The Morgan fingerprint density at radius 3 is 2.18 bits per heavy atom. The van der Waals surface area contributed by atoms with E-state index in [0.29, 0.717) is 0 Å². The molecule has 0 aromatic carbocycles. The molecule has 0 aromatic rings. The molecule has 0 bridgehead atoms. The standard InChI is InChI=1S/C9H20O2/c1-9(6-8-11-3)5-4-7-10-2/h9H,4-8H2,1-3H3. The van der Waals surface area contributed by atoms with Gasteiger partial charge in [0, 0.05) is 27.4 Å². The summed E-state index contributed by atoms with van der Waals surface area (Å²) in [5.41, 5.74) is 0. The lowest BCUT2D eigenvalue weighted by atomic mass is 10.0. The summed E-state index contributed by atoms with van der Waals surface area (Å²) in [7, 11) is 3.50. The second-order valence-corrected chi connectivity index (χ2v) is 3.02. The summed E-state index contributed by atoms with van der Waals surface area (Å²) in [4.78, 5) is 0. The highest BCUT2D eigenvalue weighted by Gasteiger charge is 2.00. The Balaban J connectivity index is 3.02. The molecule has 0 N–H and O–H groups in total. The van der Waals surface area contributed by atoms with Crippen LogP contribution >= 0.6 is 0 Å². The zero-order valence-electron chi connectivity index (χ0n) is 7.93. The van der Waals surface area contributed by atoms with E-state index in [9.17, 15) is 0 Å². The molecule has 0 spiro atoms. The Hall–Kier alpha value is -0.0800. The van der Waals surface area contributed by atoms with Crippen LogP contribution in [-0.4, -0.2) is 27.4 Å². The molecular weight excluding hydrogens is 140 g/mol. The van der Waals surface area contributed by atoms with Crippen LogP contribution in [0.4, 0.5) is 0 Å². The van der Waals surface area contributed by atoms with Crippen LogP contribution < -0.4 is 0 Å². The smallest absolute Gasteiger partial charge is 0.0464 e. The first-order valence-corrected chi connectivity index (χ1v) is 4.29. The fourth-order valence-electron chi connectivity index (χ4n) is 1.04. The van der Waals surface area contributed by atoms with Gasteiger partial charge in [-0.05, 0) is 25.2 Å². The number of hydrogen-bond acceptors (Lipinski definition) is 2. The summed E-state index contributed by atoms with van der Waals surface area (Å²) in [6.45, 7) is 4.03. The van der Waals surface area contributed by atoms with E-state index in [2.05, 4.69) is 6.92 Å². The number of methoxy groups -OCH3 is 2. The predicted octanol–water partition coefficient (Wildman–Crippen LogP) is 2.09. The summed E-state index contributed by atoms with van der Waals surface area (Å²) in [5, 5.41) is 0. The molecule has 1 atom stereocenters. The van der Waals surface area contributed by atoms with E-state index < -0.39 is 0 Å². The van der Waals surface area contributed by atoms with E-state index in [0.717, 1.165) is 19.1 Å². The minimum atomic E-state index is 0.769. The lowest BCUT2D eigenvalue weighted by molar-refractivity contribution is 0.165. The molecule has 1 unspecified atom stereocenters. The van der Waals surface area contributed by atoms with Crippen molar-refractivity contribution in [2.24, 2.45) is 5.92 Å². The first-order chi connectivity index (χ1) is 5.31. The molecule has 0 rings (SSSR count). The predicted molar refractivity (Wildman–Crippen MR) is 46.8 cm³/mol. The maximum absolute atomic E-state index is 4.99. The Morgan fingerprint density at radius 1 is 1.00 bits per heavy atom. The Kier molecular flexibility index (Phi) is 7.96. The number of rotatable bonds is 7. The van der Waals surface area contributed by atoms with Crippen molar-refractivity contribution in [2.75, 3.05) is 27.4 Å². The molecule has 0 aromatic heterocycles. The van der Waals surface area contributed by atoms with Gasteiger partial charge in [0.1, 0.15) is 0 Å². The van der Waals surface area contributed by atoms with Crippen LogP contribution in [0.15, 0.2) is 0 Å². The maximum Gasteiger partial charge on any atom is 0.0464 e. The van der Waals surface area contributed by atoms with Gasteiger partial charge in [0.15, 0.2) is 0 Å². The van der Waals surface area contributed by atoms with E-state index in [4.69, 9.17) is 9.47 Å². The molecule has 68 valence electrons. The summed E-state index contributed by atoms with van der Waals surface area (Å²) >= 11 is 0. The molecule has 0 aliphatic heterocycles. The van der Waals surface area contributed by atoms with Gasteiger partial charge in [-0.25, -0.2) is 0 Å². The summed E-state index contributed by atoms with van der Waals surface area (Å²) < 4.78 is 9.95. The molecular formula is C9H20O2. The quantitative estimate of drug-likeness (QED) is 0.531. The maximum atomic E-state index is 4.99. The van der Waals surface area contributed by atoms with Gasteiger partial charge in [0.25, 0.3) is 0 Å². The second kappa shape index (κ2) is 8.02. The highest BCUT2D eigenvalue weighted by atomic mass is 16.5. The van der Waals surface area contributed by atoms with Gasteiger partial charge in [0.05, 0.1) is 0 Å². The Labute approximate surface area is 69.9 Å². The van der Waals surface area contributed by atoms with E-state index >= 15 is 0 Å². The molecule has 0 saturated carbocycles. The first kappa shape index (κ1) is 10.9. The minimum absolute atomic E-state index is 0.769. The van der Waals surface area contributed by atoms with Crippen LogP contribution in [0, 0.1) is 5.92 Å². The summed E-state index contributed by atoms with van der Waals surface area (Å²) in [5.74, 6) is 0.769. The monoisotopic (exact) mass is 160 g/mol. The third kappa shape index (κ3) is 7.82. The van der Waals surface area contributed by atoms with Gasteiger partial charge in [-0.2, -0.15) is 0 Å². The molecule has 0 radical (unpaired) electrons. The molecule has 0 aliphatic carbocycles. The van der Waals surface area contributed by atoms with Gasteiger partial charge in [-0.3, -0.25) is 0 Å². The van der Waals surface area contributed by atoms with E-state index in [1.54, 1.807) is 14.2 Å². The van der Waals surface area contributed by atoms with Crippen molar-refractivity contribution in [3.8, 4) is 0 Å². The van der Waals surface area contributed by atoms with Crippen LogP contribution in [0.1, 0.15) is 26.2 Å². The molecule has 0 amide bonds. The number of ether oxygens (including phenoxy) is 2.